The number of rotatable bonds is 7. The van der Waals surface area contributed by atoms with Crippen LogP contribution in [0.5, 0.6) is 0 Å². The highest BCUT2D eigenvalue weighted by Gasteiger charge is 2.23. The van der Waals surface area contributed by atoms with Crippen molar-refractivity contribution < 1.29 is 9.53 Å². The lowest BCUT2D eigenvalue weighted by molar-refractivity contribution is 0.0600. The monoisotopic (exact) mass is 304 g/mol. The summed E-state index contributed by atoms with van der Waals surface area (Å²) < 4.78 is 4.71. The van der Waals surface area contributed by atoms with Crippen LogP contribution in [-0.2, 0) is 11.3 Å². The molecule has 22 heavy (non-hydrogen) atoms. The molecule has 2 rings (SSSR count). The number of carbonyl (C=O) groups excluding carboxylic acids is 1. The molecule has 1 aromatic rings. The smallest absolute Gasteiger partial charge is 0.337 e. The van der Waals surface area contributed by atoms with E-state index in [1.54, 1.807) is 0 Å². The van der Waals surface area contributed by atoms with Gasteiger partial charge in [-0.15, -0.1) is 0 Å². The minimum atomic E-state index is -0.284. The summed E-state index contributed by atoms with van der Waals surface area (Å²) in [4.78, 5) is 14.0. The van der Waals surface area contributed by atoms with Gasteiger partial charge in [0.1, 0.15) is 0 Å². The third-order valence-electron chi connectivity index (χ3n) is 4.44. The molecular formula is C18H28N2O2. The van der Waals surface area contributed by atoms with Crippen molar-refractivity contribution in [2.75, 3.05) is 26.7 Å². The molecule has 1 aromatic carbocycles. The minimum Gasteiger partial charge on any atom is -0.465 e. The first-order valence-corrected chi connectivity index (χ1v) is 8.24. The van der Waals surface area contributed by atoms with Crippen LogP contribution in [0.4, 0.5) is 0 Å². The largest absolute Gasteiger partial charge is 0.465 e. The summed E-state index contributed by atoms with van der Waals surface area (Å²) in [6.07, 6.45) is 2.66. The number of methoxy groups -OCH3 is 1. The Hall–Kier alpha value is -1.39. The van der Waals surface area contributed by atoms with Crippen LogP contribution in [0.25, 0.3) is 0 Å². The summed E-state index contributed by atoms with van der Waals surface area (Å²) in [5, 5.41) is 3.56. The molecule has 1 unspecified atom stereocenters. The molecule has 122 valence electrons. The molecule has 0 radical (unpaired) electrons. The van der Waals surface area contributed by atoms with Gasteiger partial charge in [0.05, 0.1) is 12.7 Å². The molecule has 4 heteroatoms. The molecule has 0 aliphatic carbocycles. The maximum atomic E-state index is 11.4. The van der Waals surface area contributed by atoms with Gasteiger partial charge in [0.25, 0.3) is 0 Å². The second-order valence-corrected chi connectivity index (χ2v) is 6.37. The van der Waals surface area contributed by atoms with Crippen LogP contribution in [0.15, 0.2) is 24.3 Å². The Morgan fingerprint density at radius 3 is 2.41 bits per heavy atom. The predicted molar refractivity (Wildman–Crippen MR) is 88.9 cm³/mol. The molecule has 1 aliphatic heterocycles. The zero-order valence-corrected chi connectivity index (χ0v) is 14.0. The van der Waals surface area contributed by atoms with Gasteiger partial charge in [-0.3, -0.25) is 4.90 Å². The van der Waals surface area contributed by atoms with Crippen LogP contribution < -0.4 is 5.32 Å². The summed E-state index contributed by atoms with van der Waals surface area (Å²) in [5.41, 5.74) is 1.79. The van der Waals surface area contributed by atoms with Crippen molar-refractivity contribution >= 4 is 5.97 Å². The Morgan fingerprint density at radius 1 is 1.23 bits per heavy atom. The Balaban J connectivity index is 1.82. The molecule has 1 heterocycles. The fraction of sp³-hybridized carbons (Fsp3) is 0.611. The molecule has 0 amide bonds. The number of hydrogen-bond donors (Lipinski definition) is 1. The predicted octanol–water partition coefficient (Wildman–Crippen LogP) is 2.68. The van der Waals surface area contributed by atoms with Gasteiger partial charge in [-0.2, -0.15) is 0 Å². The summed E-state index contributed by atoms with van der Waals surface area (Å²) in [5.74, 6) is 0.376. The van der Waals surface area contributed by atoms with E-state index in [9.17, 15) is 4.79 Å². The van der Waals surface area contributed by atoms with Gasteiger partial charge >= 0.3 is 5.97 Å². The molecule has 0 spiro atoms. The molecule has 1 fully saturated rings. The third-order valence-corrected chi connectivity index (χ3v) is 4.44. The highest BCUT2D eigenvalue weighted by molar-refractivity contribution is 5.89. The highest BCUT2D eigenvalue weighted by atomic mass is 16.5. The van der Waals surface area contributed by atoms with E-state index in [4.69, 9.17) is 4.74 Å². The topological polar surface area (TPSA) is 41.6 Å². The number of nitrogens with zero attached hydrogens (tertiary/aromatic N) is 1. The van der Waals surface area contributed by atoms with Crippen LogP contribution in [0.2, 0.25) is 0 Å². The number of esters is 1. The van der Waals surface area contributed by atoms with Crippen LogP contribution >= 0.6 is 0 Å². The van der Waals surface area contributed by atoms with Crippen molar-refractivity contribution in [2.45, 2.75) is 39.3 Å². The molecule has 0 saturated carbocycles. The fourth-order valence-corrected chi connectivity index (χ4v) is 3.10. The maximum Gasteiger partial charge on any atom is 0.337 e. The van der Waals surface area contributed by atoms with Gasteiger partial charge < -0.3 is 10.1 Å². The van der Waals surface area contributed by atoms with E-state index in [1.165, 1.54) is 38.6 Å². The molecule has 4 nitrogen and oxygen atoms in total. The number of ether oxygens (including phenoxy) is 1. The van der Waals surface area contributed by atoms with Gasteiger partial charge in [-0.05, 0) is 49.5 Å². The Labute approximate surface area is 133 Å². The van der Waals surface area contributed by atoms with Crippen molar-refractivity contribution in [3.8, 4) is 0 Å². The fourth-order valence-electron chi connectivity index (χ4n) is 3.10. The van der Waals surface area contributed by atoms with Crippen molar-refractivity contribution in [3.63, 3.8) is 0 Å². The van der Waals surface area contributed by atoms with E-state index in [-0.39, 0.29) is 5.97 Å². The van der Waals surface area contributed by atoms with E-state index in [2.05, 4.69) is 24.1 Å². The summed E-state index contributed by atoms with van der Waals surface area (Å²) in [7, 11) is 1.40. The number of hydrogen-bond acceptors (Lipinski definition) is 4. The van der Waals surface area contributed by atoms with Crippen LogP contribution in [-0.4, -0.2) is 43.7 Å². The number of carbonyl (C=O) groups is 1. The molecule has 1 N–H and O–H groups in total. The summed E-state index contributed by atoms with van der Waals surface area (Å²) in [6.45, 7) is 8.91. The standard InChI is InChI=1S/C18H28N2O2/c1-14(2)17(20-10-4-5-11-20)13-19-12-15-6-8-16(9-7-15)18(21)22-3/h6-9,14,17,19H,4-5,10-13H2,1-3H3. The van der Waals surface area contributed by atoms with Gasteiger partial charge in [0.2, 0.25) is 0 Å². The first-order valence-electron chi connectivity index (χ1n) is 8.24. The molecular weight excluding hydrogens is 276 g/mol. The van der Waals surface area contributed by atoms with E-state index in [0.717, 1.165) is 13.1 Å². The summed E-state index contributed by atoms with van der Waals surface area (Å²) in [6, 6.07) is 8.22. The minimum absolute atomic E-state index is 0.284. The lowest BCUT2D eigenvalue weighted by Crippen LogP contribution is -2.44. The molecule has 0 bridgehead atoms. The van der Waals surface area contributed by atoms with Crippen molar-refractivity contribution in [1.82, 2.24) is 10.2 Å². The van der Waals surface area contributed by atoms with Gasteiger partial charge in [0.15, 0.2) is 0 Å². The highest BCUT2D eigenvalue weighted by Crippen LogP contribution is 2.17. The maximum absolute atomic E-state index is 11.4. The Morgan fingerprint density at radius 2 is 1.86 bits per heavy atom. The second-order valence-electron chi connectivity index (χ2n) is 6.37. The quantitative estimate of drug-likeness (QED) is 0.786. The van der Waals surface area contributed by atoms with Crippen molar-refractivity contribution in [2.24, 2.45) is 5.92 Å². The van der Waals surface area contributed by atoms with Crippen molar-refractivity contribution in [1.29, 1.82) is 0 Å². The number of likely N-dealkylation sites (tertiary alicyclic amines) is 1. The average molecular weight is 304 g/mol. The van der Waals surface area contributed by atoms with Crippen LogP contribution in [0.1, 0.15) is 42.6 Å². The first-order chi connectivity index (χ1) is 10.6. The number of benzene rings is 1. The summed E-state index contributed by atoms with van der Waals surface area (Å²) >= 11 is 0. The first kappa shape index (κ1) is 17.0. The van der Waals surface area contributed by atoms with Crippen LogP contribution in [0, 0.1) is 5.92 Å². The van der Waals surface area contributed by atoms with Gasteiger partial charge in [0, 0.05) is 19.1 Å². The normalized spacial score (nSPS) is 16.9. The van der Waals surface area contributed by atoms with Crippen LogP contribution in [0.3, 0.4) is 0 Å². The average Bonchev–Trinajstić information content (AvgIpc) is 3.05. The van der Waals surface area contributed by atoms with Crippen molar-refractivity contribution in [3.05, 3.63) is 35.4 Å². The lowest BCUT2D eigenvalue weighted by atomic mass is 10.0. The van der Waals surface area contributed by atoms with E-state index < -0.39 is 0 Å². The van der Waals surface area contributed by atoms with E-state index in [0.29, 0.717) is 17.5 Å². The molecule has 0 aromatic heterocycles. The molecule has 1 saturated heterocycles. The second kappa shape index (κ2) is 8.30. The zero-order valence-electron chi connectivity index (χ0n) is 14.0. The Bertz CT molecular complexity index is 464. The lowest BCUT2D eigenvalue weighted by Gasteiger charge is -2.31. The SMILES string of the molecule is COC(=O)c1ccc(CNCC(C(C)C)N2CCCC2)cc1. The van der Waals surface area contributed by atoms with Gasteiger partial charge in [-0.1, -0.05) is 26.0 Å². The molecule has 1 aliphatic rings. The molecule has 1 atom stereocenters. The third kappa shape index (κ3) is 4.55. The van der Waals surface area contributed by atoms with E-state index >= 15 is 0 Å². The van der Waals surface area contributed by atoms with Gasteiger partial charge in [-0.25, -0.2) is 4.79 Å². The zero-order chi connectivity index (χ0) is 15.9. The van der Waals surface area contributed by atoms with E-state index in [1.807, 2.05) is 24.3 Å². The Kier molecular flexibility index (Phi) is 6.40. The number of nitrogens with one attached hydrogen (secondary N) is 1.